The third-order valence-electron chi connectivity index (χ3n) is 5.58. The van der Waals surface area contributed by atoms with Gasteiger partial charge in [0.15, 0.2) is 11.9 Å². The molecule has 1 aliphatic rings. The molecule has 0 amide bonds. The first-order valence-electron chi connectivity index (χ1n) is 9.93. The van der Waals surface area contributed by atoms with E-state index in [1.54, 1.807) is 0 Å². The van der Waals surface area contributed by atoms with Crippen molar-refractivity contribution in [2.45, 2.75) is 37.5 Å². The zero-order valence-electron chi connectivity index (χ0n) is 17.6. The number of aliphatic carboxylic acids is 1. The van der Waals surface area contributed by atoms with E-state index in [0.717, 1.165) is 24.8 Å². The van der Waals surface area contributed by atoms with Crippen LogP contribution in [0.5, 0.6) is 0 Å². The molecule has 10 heteroatoms. The fourth-order valence-corrected chi connectivity index (χ4v) is 4.35. The van der Waals surface area contributed by atoms with Gasteiger partial charge in [-0.1, -0.05) is 24.3 Å². The summed E-state index contributed by atoms with van der Waals surface area (Å²) in [5.74, 6) is -0.0807. The average Bonchev–Trinajstić information content (AvgIpc) is 2.68. The maximum absolute atomic E-state index is 11.3. The molecular formula is C22H30Cl2N6O2. The molecule has 0 bridgehead atoms. The molecule has 8 nitrogen and oxygen atoms in total. The second kappa shape index (κ2) is 12.2. The number of hydrogen-bond acceptors (Lipinski definition) is 3. The molecule has 1 aliphatic carbocycles. The van der Waals surface area contributed by atoms with Crippen LogP contribution in [0.3, 0.4) is 0 Å². The van der Waals surface area contributed by atoms with E-state index >= 15 is 0 Å². The molecule has 1 unspecified atom stereocenters. The highest BCUT2D eigenvalue weighted by molar-refractivity contribution is 5.85. The van der Waals surface area contributed by atoms with E-state index < -0.39 is 5.97 Å². The van der Waals surface area contributed by atoms with Crippen molar-refractivity contribution in [1.29, 1.82) is 0 Å². The van der Waals surface area contributed by atoms with Gasteiger partial charge < -0.3 is 28.0 Å². The number of benzene rings is 2. The highest BCUT2D eigenvalue weighted by Crippen LogP contribution is 2.47. The van der Waals surface area contributed by atoms with E-state index in [2.05, 4.69) is 9.98 Å². The summed E-state index contributed by atoms with van der Waals surface area (Å²) in [5, 5.41) is 9.26. The van der Waals surface area contributed by atoms with Crippen molar-refractivity contribution >= 4 is 54.1 Å². The molecule has 0 aliphatic heterocycles. The average molecular weight is 481 g/mol. The Hall–Kier alpha value is -2.97. The molecular weight excluding hydrogens is 451 g/mol. The van der Waals surface area contributed by atoms with Crippen LogP contribution in [0, 0.1) is 5.92 Å². The first-order chi connectivity index (χ1) is 14.3. The Morgan fingerprint density at radius 1 is 0.781 bits per heavy atom. The van der Waals surface area contributed by atoms with Crippen molar-refractivity contribution in [3.8, 4) is 0 Å². The maximum Gasteiger partial charge on any atom is 0.303 e. The summed E-state index contributed by atoms with van der Waals surface area (Å²) in [5.41, 5.74) is 25.6. The molecule has 0 saturated heterocycles. The van der Waals surface area contributed by atoms with Crippen molar-refractivity contribution in [1.82, 2.24) is 0 Å². The van der Waals surface area contributed by atoms with Gasteiger partial charge in [-0.25, -0.2) is 9.98 Å². The van der Waals surface area contributed by atoms with Crippen molar-refractivity contribution in [3.05, 3.63) is 59.7 Å². The Bertz CT molecular complexity index is 940. The quantitative estimate of drug-likeness (QED) is 0.313. The van der Waals surface area contributed by atoms with Crippen LogP contribution in [-0.2, 0) is 4.79 Å². The van der Waals surface area contributed by atoms with Gasteiger partial charge in [-0.2, -0.15) is 0 Å². The third-order valence-corrected chi connectivity index (χ3v) is 5.58. The molecule has 0 aromatic heterocycles. The Kier molecular flexibility index (Phi) is 10.3. The second-order valence-corrected chi connectivity index (χ2v) is 7.75. The molecule has 2 aromatic rings. The lowest BCUT2D eigenvalue weighted by atomic mass is 9.68. The van der Waals surface area contributed by atoms with E-state index in [1.165, 1.54) is 5.56 Å². The van der Waals surface area contributed by atoms with Crippen LogP contribution in [0.1, 0.15) is 48.6 Å². The number of rotatable bonds is 6. The minimum absolute atomic E-state index is 0. The largest absolute Gasteiger partial charge is 0.481 e. The fraction of sp³-hybridized carbons (Fsp3) is 0.318. The molecule has 2 aromatic carbocycles. The van der Waals surface area contributed by atoms with Crippen molar-refractivity contribution in [3.63, 3.8) is 0 Å². The molecule has 1 saturated carbocycles. The molecule has 9 N–H and O–H groups in total. The van der Waals surface area contributed by atoms with E-state index in [1.807, 2.05) is 48.5 Å². The molecule has 3 atom stereocenters. The second-order valence-electron chi connectivity index (χ2n) is 7.75. The van der Waals surface area contributed by atoms with Crippen LogP contribution in [0.15, 0.2) is 58.5 Å². The SMILES string of the molecule is Cl.Cl.NC(N)=Nc1ccc([C@@H]2CCC(CC(=O)O)C[C@H]2c2ccc(N=C(N)N)cc2)cc1. The van der Waals surface area contributed by atoms with Gasteiger partial charge in [0, 0.05) is 6.42 Å². The van der Waals surface area contributed by atoms with Crippen LogP contribution in [0.4, 0.5) is 11.4 Å². The first kappa shape index (κ1) is 27.1. The lowest BCUT2D eigenvalue weighted by Gasteiger charge is -2.36. The number of aliphatic imine (C=N–C) groups is 2. The van der Waals surface area contributed by atoms with Gasteiger partial charge in [0.2, 0.25) is 0 Å². The number of halogens is 2. The number of guanidine groups is 2. The van der Waals surface area contributed by atoms with E-state index in [4.69, 9.17) is 22.9 Å². The zero-order chi connectivity index (χ0) is 21.7. The van der Waals surface area contributed by atoms with Crippen molar-refractivity contribution < 1.29 is 9.90 Å². The minimum atomic E-state index is -0.748. The Balaban J connectivity index is 0.00000256. The van der Waals surface area contributed by atoms with Crippen LogP contribution in [0.25, 0.3) is 0 Å². The van der Waals surface area contributed by atoms with Crippen LogP contribution in [0.2, 0.25) is 0 Å². The summed E-state index contributed by atoms with van der Waals surface area (Å²) >= 11 is 0. The molecule has 1 fully saturated rings. The van der Waals surface area contributed by atoms with Gasteiger partial charge in [-0.3, -0.25) is 4.79 Å². The number of carboxylic acids is 1. The van der Waals surface area contributed by atoms with Gasteiger partial charge in [0.1, 0.15) is 0 Å². The van der Waals surface area contributed by atoms with E-state index in [9.17, 15) is 9.90 Å². The number of carboxylic acid groups (broad SMARTS) is 1. The predicted octanol–water partition coefficient (Wildman–Crippen LogP) is 3.48. The van der Waals surface area contributed by atoms with Crippen molar-refractivity contribution in [2.24, 2.45) is 38.8 Å². The van der Waals surface area contributed by atoms with Gasteiger partial charge in [-0.15, -0.1) is 24.8 Å². The smallest absolute Gasteiger partial charge is 0.303 e. The molecule has 0 spiro atoms. The highest BCUT2D eigenvalue weighted by Gasteiger charge is 2.33. The van der Waals surface area contributed by atoms with Crippen LogP contribution in [-0.4, -0.2) is 23.0 Å². The summed E-state index contributed by atoms with van der Waals surface area (Å²) in [7, 11) is 0. The Morgan fingerprint density at radius 3 is 1.62 bits per heavy atom. The molecule has 174 valence electrons. The summed E-state index contributed by atoms with van der Waals surface area (Å²) in [6.45, 7) is 0. The van der Waals surface area contributed by atoms with Crippen LogP contribution < -0.4 is 22.9 Å². The topological polar surface area (TPSA) is 166 Å². The first-order valence-corrected chi connectivity index (χ1v) is 9.93. The summed E-state index contributed by atoms with van der Waals surface area (Å²) in [6, 6.07) is 15.7. The molecule has 0 heterocycles. The number of hydrogen-bond donors (Lipinski definition) is 5. The maximum atomic E-state index is 11.3. The normalized spacial score (nSPS) is 19.6. The van der Waals surface area contributed by atoms with Crippen molar-refractivity contribution in [2.75, 3.05) is 0 Å². The lowest BCUT2D eigenvalue weighted by Crippen LogP contribution is -2.24. The summed E-state index contributed by atoms with van der Waals surface area (Å²) in [4.78, 5) is 19.4. The third kappa shape index (κ3) is 7.32. The fourth-order valence-electron chi connectivity index (χ4n) is 4.35. The molecule has 32 heavy (non-hydrogen) atoms. The lowest BCUT2D eigenvalue weighted by molar-refractivity contribution is -0.138. The Labute approximate surface area is 200 Å². The zero-order valence-corrected chi connectivity index (χ0v) is 19.2. The van der Waals surface area contributed by atoms with Gasteiger partial charge in [-0.05, 0) is 72.4 Å². The van der Waals surface area contributed by atoms with Gasteiger partial charge >= 0.3 is 5.97 Å². The summed E-state index contributed by atoms with van der Waals surface area (Å²) in [6.07, 6.45) is 2.81. The molecule has 0 radical (unpaired) electrons. The monoisotopic (exact) mass is 480 g/mol. The predicted molar refractivity (Wildman–Crippen MR) is 133 cm³/mol. The number of carbonyl (C=O) groups is 1. The number of nitrogens with zero attached hydrogens (tertiary/aromatic N) is 2. The summed E-state index contributed by atoms with van der Waals surface area (Å²) < 4.78 is 0. The molecule has 3 rings (SSSR count). The van der Waals surface area contributed by atoms with Gasteiger partial charge in [0.25, 0.3) is 0 Å². The number of nitrogens with two attached hydrogens (primary N) is 4. The Morgan fingerprint density at radius 2 is 1.22 bits per heavy atom. The van der Waals surface area contributed by atoms with Crippen LogP contribution >= 0.6 is 24.8 Å². The minimum Gasteiger partial charge on any atom is -0.481 e. The highest BCUT2D eigenvalue weighted by atomic mass is 35.5. The van der Waals surface area contributed by atoms with E-state index in [0.29, 0.717) is 11.4 Å². The standard InChI is InChI=1S/C22H28N6O2.2ClH/c23-21(24)27-16-6-2-14(3-7-16)18-10-1-13(12-20(29)30)11-19(18)15-4-8-17(9-5-15)28-22(25)26;;/h2-9,13,18-19H,1,10-12H2,(H,29,30)(H4,23,24,27)(H4,25,26,28);2*1H/t13?,18-,19-;;/m0../s1. The van der Waals surface area contributed by atoms with Gasteiger partial charge in [0.05, 0.1) is 11.4 Å². The van der Waals surface area contributed by atoms with E-state index in [-0.39, 0.29) is 60.9 Å².